The molecule has 8 heteroatoms. The van der Waals surface area contributed by atoms with E-state index in [1.165, 1.54) is 0 Å². The molecule has 0 aliphatic heterocycles. The zero-order valence-electron chi connectivity index (χ0n) is 13.1. The van der Waals surface area contributed by atoms with E-state index in [2.05, 4.69) is 20.6 Å². The topological polar surface area (TPSA) is 59.1 Å². The zero-order valence-corrected chi connectivity index (χ0v) is 15.3. The molecule has 3 aromatic rings. The van der Waals surface area contributed by atoms with Crippen LogP contribution in [0.5, 0.6) is 5.75 Å². The summed E-state index contributed by atoms with van der Waals surface area (Å²) in [6.45, 7) is 0. The molecule has 0 spiro atoms. The van der Waals surface area contributed by atoms with Crippen molar-refractivity contribution in [3.63, 3.8) is 0 Å². The van der Waals surface area contributed by atoms with Gasteiger partial charge in [0.1, 0.15) is 11.6 Å². The highest BCUT2D eigenvalue weighted by atomic mass is 35.5. The van der Waals surface area contributed by atoms with Crippen molar-refractivity contribution >= 4 is 57.9 Å². The molecule has 0 bridgehead atoms. The fourth-order valence-electron chi connectivity index (χ4n) is 2.14. The van der Waals surface area contributed by atoms with Gasteiger partial charge in [0.25, 0.3) is 0 Å². The maximum absolute atomic E-state index is 6.12. The van der Waals surface area contributed by atoms with E-state index in [0.29, 0.717) is 32.6 Å². The standard InChI is InChI=1S/C17H13Cl3N4O/c1-25-15-3-2-12(9-14(15)20)23-17-21-5-4-16(24-17)22-13-7-10(18)6-11(19)8-13/h2-9H,1H3,(H2,21,22,23,24). The van der Waals surface area contributed by atoms with Gasteiger partial charge in [-0.05, 0) is 42.5 Å². The van der Waals surface area contributed by atoms with Crippen LogP contribution in [-0.2, 0) is 0 Å². The average molecular weight is 396 g/mol. The number of ether oxygens (including phenoxy) is 1. The lowest BCUT2D eigenvalue weighted by Gasteiger charge is -2.10. The Bertz CT molecular complexity index is 885. The summed E-state index contributed by atoms with van der Waals surface area (Å²) < 4.78 is 5.13. The first-order valence-electron chi connectivity index (χ1n) is 7.20. The van der Waals surface area contributed by atoms with Crippen molar-refractivity contribution in [3.05, 3.63) is 63.7 Å². The summed E-state index contributed by atoms with van der Waals surface area (Å²) in [7, 11) is 1.56. The molecule has 5 nitrogen and oxygen atoms in total. The maximum Gasteiger partial charge on any atom is 0.229 e. The molecule has 2 N–H and O–H groups in total. The van der Waals surface area contributed by atoms with Gasteiger partial charge in [-0.15, -0.1) is 0 Å². The summed E-state index contributed by atoms with van der Waals surface area (Å²) in [5, 5.41) is 7.80. The third kappa shape index (κ3) is 4.66. The Morgan fingerprint density at radius 3 is 2.32 bits per heavy atom. The van der Waals surface area contributed by atoms with E-state index in [9.17, 15) is 0 Å². The minimum atomic E-state index is 0.416. The number of hydrogen-bond acceptors (Lipinski definition) is 5. The van der Waals surface area contributed by atoms with E-state index in [0.717, 1.165) is 11.4 Å². The normalized spacial score (nSPS) is 10.4. The summed E-state index contributed by atoms with van der Waals surface area (Å²) in [5.74, 6) is 1.61. The highest BCUT2D eigenvalue weighted by molar-refractivity contribution is 6.35. The van der Waals surface area contributed by atoms with E-state index in [1.54, 1.807) is 49.7 Å². The monoisotopic (exact) mass is 394 g/mol. The Balaban J connectivity index is 1.78. The largest absolute Gasteiger partial charge is 0.495 e. The van der Waals surface area contributed by atoms with E-state index in [1.807, 2.05) is 6.07 Å². The highest BCUT2D eigenvalue weighted by Crippen LogP contribution is 2.29. The molecule has 0 aliphatic carbocycles. The summed E-state index contributed by atoms with van der Waals surface area (Å²) in [4.78, 5) is 8.60. The lowest BCUT2D eigenvalue weighted by Crippen LogP contribution is -2.00. The minimum Gasteiger partial charge on any atom is -0.495 e. The number of benzene rings is 2. The van der Waals surface area contributed by atoms with Crippen LogP contribution in [0.15, 0.2) is 48.7 Å². The quantitative estimate of drug-likeness (QED) is 0.560. The van der Waals surface area contributed by atoms with Crippen LogP contribution < -0.4 is 15.4 Å². The van der Waals surface area contributed by atoms with E-state index >= 15 is 0 Å². The second-order valence-corrected chi connectivity index (χ2v) is 6.30. The van der Waals surface area contributed by atoms with Gasteiger partial charge in [0.2, 0.25) is 5.95 Å². The first kappa shape index (κ1) is 17.6. The number of anilines is 4. The molecule has 0 amide bonds. The smallest absolute Gasteiger partial charge is 0.229 e. The lowest BCUT2D eigenvalue weighted by molar-refractivity contribution is 0.415. The third-order valence-electron chi connectivity index (χ3n) is 3.20. The first-order valence-corrected chi connectivity index (χ1v) is 8.33. The summed E-state index contributed by atoms with van der Waals surface area (Å²) in [6.07, 6.45) is 1.63. The molecule has 25 heavy (non-hydrogen) atoms. The number of aromatic nitrogens is 2. The van der Waals surface area contributed by atoms with Crippen molar-refractivity contribution in [2.45, 2.75) is 0 Å². The molecular weight excluding hydrogens is 383 g/mol. The third-order valence-corrected chi connectivity index (χ3v) is 3.93. The van der Waals surface area contributed by atoms with Gasteiger partial charge >= 0.3 is 0 Å². The van der Waals surface area contributed by atoms with Crippen LogP contribution in [0.1, 0.15) is 0 Å². The average Bonchev–Trinajstić information content (AvgIpc) is 2.54. The molecule has 0 aliphatic rings. The predicted molar refractivity (Wildman–Crippen MR) is 103 cm³/mol. The highest BCUT2D eigenvalue weighted by Gasteiger charge is 2.05. The van der Waals surface area contributed by atoms with Crippen LogP contribution >= 0.6 is 34.8 Å². The fourth-order valence-corrected chi connectivity index (χ4v) is 2.92. The summed E-state index contributed by atoms with van der Waals surface area (Å²) in [5.41, 5.74) is 1.48. The van der Waals surface area contributed by atoms with Gasteiger partial charge in [0.15, 0.2) is 0 Å². The van der Waals surface area contributed by atoms with Gasteiger partial charge in [0, 0.05) is 27.6 Å². The van der Waals surface area contributed by atoms with Crippen LogP contribution in [-0.4, -0.2) is 17.1 Å². The minimum absolute atomic E-state index is 0.416. The van der Waals surface area contributed by atoms with E-state index < -0.39 is 0 Å². The number of methoxy groups -OCH3 is 1. The van der Waals surface area contributed by atoms with Gasteiger partial charge in [-0.3, -0.25) is 0 Å². The number of nitrogens with zero attached hydrogens (tertiary/aromatic N) is 2. The van der Waals surface area contributed by atoms with Gasteiger partial charge in [0.05, 0.1) is 12.1 Å². The van der Waals surface area contributed by atoms with Crippen molar-refractivity contribution < 1.29 is 4.74 Å². The Labute approximate surface area is 159 Å². The molecule has 0 unspecified atom stereocenters. The molecule has 0 radical (unpaired) electrons. The van der Waals surface area contributed by atoms with Crippen molar-refractivity contribution in [2.24, 2.45) is 0 Å². The van der Waals surface area contributed by atoms with Crippen molar-refractivity contribution in [2.75, 3.05) is 17.7 Å². The molecule has 1 aromatic heterocycles. The summed E-state index contributed by atoms with van der Waals surface area (Å²) in [6, 6.07) is 12.2. The molecule has 0 atom stereocenters. The van der Waals surface area contributed by atoms with E-state index in [4.69, 9.17) is 39.5 Å². The predicted octanol–water partition coefficient (Wildman–Crippen LogP) is 5.93. The van der Waals surface area contributed by atoms with Crippen LogP contribution in [0.4, 0.5) is 23.1 Å². The lowest BCUT2D eigenvalue weighted by atomic mass is 10.3. The molecule has 0 saturated carbocycles. The molecule has 3 rings (SSSR count). The summed E-state index contributed by atoms with van der Waals surface area (Å²) >= 11 is 18.1. The SMILES string of the molecule is COc1ccc(Nc2nccc(Nc3cc(Cl)cc(Cl)c3)n2)cc1Cl. The van der Waals surface area contributed by atoms with Gasteiger partial charge in [-0.2, -0.15) is 4.98 Å². The van der Waals surface area contributed by atoms with Crippen molar-refractivity contribution in [1.82, 2.24) is 9.97 Å². The van der Waals surface area contributed by atoms with Crippen LogP contribution in [0.3, 0.4) is 0 Å². The Morgan fingerprint density at radius 1 is 0.880 bits per heavy atom. The molecule has 0 fully saturated rings. The Kier molecular flexibility index (Phi) is 5.48. The molecule has 128 valence electrons. The Morgan fingerprint density at radius 2 is 1.64 bits per heavy atom. The van der Waals surface area contributed by atoms with Crippen molar-refractivity contribution in [3.8, 4) is 5.75 Å². The number of halogens is 3. The number of nitrogens with one attached hydrogen (secondary N) is 2. The molecule has 1 heterocycles. The van der Waals surface area contributed by atoms with Crippen LogP contribution in [0.25, 0.3) is 0 Å². The Hall–Kier alpha value is -2.21. The number of hydrogen-bond donors (Lipinski definition) is 2. The first-order chi connectivity index (χ1) is 12.0. The fraction of sp³-hybridized carbons (Fsp3) is 0.0588. The molecular formula is C17H13Cl3N4O. The van der Waals surface area contributed by atoms with E-state index in [-0.39, 0.29) is 0 Å². The molecule has 0 saturated heterocycles. The van der Waals surface area contributed by atoms with Gasteiger partial charge in [-0.25, -0.2) is 4.98 Å². The number of rotatable bonds is 5. The van der Waals surface area contributed by atoms with Gasteiger partial charge in [-0.1, -0.05) is 34.8 Å². The second kappa shape index (κ2) is 7.78. The molecule has 2 aromatic carbocycles. The van der Waals surface area contributed by atoms with Crippen LogP contribution in [0, 0.1) is 0 Å². The van der Waals surface area contributed by atoms with Gasteiger partial charge < -0.3 is 15.4 Å². The zero-order chi connectivity index (χ0) is 17.8. The maximum atomic E-state index is 6.12. The van der Waals surface area contributed by atoms with Crippen molar-refractivity contribution in [1.29, 1.82) is 0 Å². The van der Waals surface area contributed by atoms with Crippen LogP contribution in [0.2, 0.25) is 15.1 Å². The second-order valence-electron chi connectivity index (χ2n) is 5.02.